The number of fused-ring (bicyclic) bond motifs is 4. The van der Waals surface area contributed by atoms with Crippen LogP contribution in [0.3, 0.4) is 0 Å². The third-order valence-electron chi connectivity index (χ3n) is 5.45. The van der Waals surface area contributed by atoms with E-state index in [1.807, 2.05) is 11.0 Å². The second-order valence-electron chi connectivity index (χ2n) is 6.87. The summed E-state index contributed by atoms with van der Waals surface area (Å²) in [4.78, 5) is 14.7. The molecular weight excluding hydrogens is 290 g/mol. The van der Waals surface area contributed by atoms with Crippen molar-refractivity contribution >= 4 is 5.91 Å². The van der Waals surface area contributed by atoms with Crippen molar-refractivity contribution in [2.45, 2.75) is 37.6 Å². The number of furan rings is 1. The fourth-order valence-electron chi connectivity index (χ4n) is 4.19. The molecule has 0 N–H and O–H groups in total. The summed E-state index contributed by atoms with van der Waals surface area (Å²) in [7, 11) is 1.71. The fourth-order valence-corrected chi connectivity index (χ4v) is 4.19. The molecule has 1 amide bonds. The highest BCUT2D eigenvalue weighted by atomic mass is 16.5. The van der Waals surface area contributed by atoms with E-state index in [0.29, 0.717) is 5.76 Å². The van der Waals surface area contributed by atoms with E-state index in [2.05, 4.69) is 19.1 Å². The standard InChI is InChI=1S/C19H21NO3/c1-19-7-8-20(18(21)17-4-3-9-23-17)14(12-19)10-13-5-6-15(22-2)11-16(13)19/h3-6,9,11,14H,7-8,10,12H2,1-2H3/t14?,19-/m1/s1. The average Bonchev–Trinajstić information content (AvgIpc) is 3.09. The van der Waals surface area contributed by atoms with Crippen molar-refractivity contribution in [1.29, 1.82) is 0 Å². The van der Waals surface area contributed by atoms with Gasteiger partial charge in [-0.2, -0.15) is 0 Å². The van der Waals surface area contributed by atoms with Crippen LogP contribution in [-0.2, 0) is 11.8 Å². The molecule has 4 heteroatoms. The summed E-state index contributed by atoms with van der Waals surface area (Å²) in [6.45, 7) is 3.09. The summed E-state index contributed by atoms with van der Waals surface area (Å²) in [6.07, 6.45) is 4.43. The van der Waals surface area contributed by atoms with Crippen LogP contribution in [0.15, 0.2) is 41.0 Å². The average molecular weight is 311 g/mol. The molecule has 0 spiro atoms. The van der Waals surface area contributed by atoms with Gasteiger partial charge in [-0.25, -0.2) is 0 Å². The first-order valence-electron chi connectivity index (χ1n) is 8.12. The molecule has 4 nitrogen and oxygen atoms in total. The molecule has 23 heavy (non-hydrogen) atoms. The number of benzene rings is 1. The smallest absolute Gasteiger partial charge is 0.289 e. The predicted octanol–water partition coefficient (Wildman–Crippen LogP) is 3.41. The second-order valence-corrected chi connectivity index (χ2v) is 6.87. The number of likely N-dealkylation sites (tertiary alicyclic amines) is 1. The number of ether oxygens (including phenoxy) is 1. The Morgan fingerprint density at radius 3 is 3.00 bits per heavy atom. The van der Waals surface area contributed by atoms with Crippen molar-refractivity contribution in [3.63, 3.8) is 0 Å². The number of rotatable bonds is 2. The van der Waals surface area contributed by atoms with Gasteiger partial charge >= 0.3 is 0 Å². The van der Waals surface area contributed by atoms with Gasteiger partial charge in [-0.3, -0.25) is 4.79 Å². The number of methoxy groups -OCH3 is 1. The van der Waals surface area contributed by atoms with Crippen LogP contribution in [0.4, 0.5) is 0 Å². The lowest BCUT2D eigenvalue weighted by molar-refractivity contribution is 0.0458. The van der Waals surface area contributed by atoms with Gasteiger partial charge in [0.25, 0.3) is 5.91 Å². The third-order valence-corrected chi connectivity index (χ3v) is 5.45. The summed E-state index contributed by atoms with van der Waals surface area (Å²) in [6, 6.07) is 10.1. The molecule has 4 rings (SSSR count). The number of carbonyl (C=O) groups excluding carboxylic acids is 1. The molecule has 1 aromatic heterocycles. The van der Waals surface area contributed by atoms with Gasteiger partial charge in [-0.15, -0.1) is 0 Å². The van der Waals surface area contributed by atoms with Gasteiger partial charge in [0, 0.05) is 12.6 Å². The molecule has 2 atom stereocenters. The van der Waals surface area contributed by atoms with Gasteiger partial charge in [-0.1, -0.05) is 13.0 Å². The molecule has 2 heterocycles. The maximum absolute atomic E-state index is 12.7. The lowest BCUT2D eigenvalue weighted by Gasteiger charge is -2.49. The van der Waals surface area contributed by atoms with Crippen molar-refractivity contribution in [2.24, 2.45) is 0 Å². The Morgan fingerprint density at radius 2 is 2.26 bits per heavy atom. The maximum atomic E-state index is 12.7. The Morgan fingerprint density at radius 1 is 1.39 bits per heavy atom. The molecule has 2 bridgehead atoms. The van der Waals surface area contributed by atoms with Crippen LogP contribution in [0.2, 0.25) is 0 Å². The molecular formula is C19H21NO3. The summed E-state index contributed by atoms with van der Waals surface area (Å²) in [5, 5.41) is 0. The van der Waals surface area contributed by atoms with E-state index < -0.39 is 0 Å². The van der Waals surface area contributed by atoms with Gasteiger partial charge in [-0.05, 0) is 60.1 Å². The van der Waals surface area contributed by atoms with Crippen LogP contribution < -0.4 is 4.74 Å². The molecule has 1 aromatic carbocycles. The Balaban J connectivity index is 1.67. The Bertz CT molecular complexity index is 737. The molecule has 1 saturated heterocycles. The number of carbonyl (C=O) groups is 1. The van der Waals surface area contributed by atoms with Crippen LogP contribution in [-0.4, -0.2) is 30.5 Å². The van der Waals surface area contributed by atoms with Crippen LogP contribution in [0.5, 0.6) is 5.75 Å². The normalized spacial score (nSPS) is 25.8. The zero-order valence-electron chi connectivity index (χ0n) is 13.5. The Labute approximate surface area is 136 Å². The first-order chi connectivity index (χ1) is 11.1. The van der Waals surface area contributed by atoms with Gasteiger partial charge in [0.2, 0.25) is 0 Å². The SMILES string of the molecule is COc1ccc2c(c1)[C@]1(C)CCN(C(=O)c3ccco3)C(C2)C1. The number of piperidine rings is 1. The van der Waals surface area contributed by atoms with Crippen LogP contribution >= 0.6 is 0 Å². The highest BCUT2D eigenvalue weighted by Crippen LogP contribution is 2.46. The van der Waals surface area contributed by atoms with E-state index in [1.165, 1.54) is 11.1 Å². The van der Waals surface area contributed by atoms with E-state index >= 15 is 0 Å². The van der Waals surface area contributed by atoms with E-state index in [9.17, 15) is 4.79 Å². The Kier molecular flexibility index (Phi) is 3.22. The van der Waals surface area contributed by atoms with Gasteiger partial charge in [0.15, 0.2) is 5.76 Å². The first kappa shape index (κ1) is 14.4. The molecule has 1 aliphatic heterocycles. The topological polar surface area (TPSA) is 42.7 Å². The van der Waals surface area contributed by atoms with E-state index in [-0.39, 0.29) is 17.4 Å². The minimum Gasteiger partial charge on any atom is -0.497 e. The summed E-state index contributed by atoms with van der Waals surface area (Å²) in [5.41, 5.74) is 2.84. The zero-order valence-corrected chi connectivity index (χ0v) is 13.5. The molecule has 2 aromatic rings. The maximum Gasteiger partial charge on any atom is 0.289 e. The predicted molar refractivity (Wildman–Crippen MR) is 86.8 cm³/mol. The van der Waals surface area contributed by atoms with E-state index in [4.69, 9.17) is 9.15 Å². The first-order valence-corrected chi connectivity index (χ1v) is 8.12. The monoisotopic (exact) mass is 311 g/mol. The highest BCUT2D eigenvalue weighted by molar-refractivity contribution is 5.91. The molecule has 0 radical (unpaired) electrons. The zero-order chi connectivity index (χ0) is 16.0. The minimum absolute atomic E-state index is 0.0130. The lowest BCUT2D eigenvalue weighted by atomic mass is 9.65. The van der Waals surface area contributed by atoms with E-state index in [1.54, 1.807) is 25.5 Å². The number of hydrogen-bond donors (Lipinski definition) is 0. The van der Waals surface area contributed by atoms with Crippen molar-refractivity contribution in [3.8, 4) is 5.75 Å². The number of amides is 1. The molecule has 1 fully saturated rings. The van der Waals surface area contributed by atoms with Crippen molar-refractivity contribution < 1.29 is 13.9 Å². The lowest BCUT2D eigenvalue weighted by Crippen LogP contribution is -2.54. The summed E-state index contributed by atoms with van der Waals surface area (Å²) in [5.74, 6) is 1.37. The fraction of sp³-hybridized carbons (Fsp3) is 0.421. The highest BCUT2D eigenvalue weighted by Gasteiger charge is 2.44. The van der Waals surface area contributed by atoms with Crippen molar-refractivity contribution in [2.75, 3.05) is 13.7 Å². The molecule has 1 aliphatic carbocycles. The quantitative estimate of drug-likeness (QED) is 0.853. The Hall–Kier alpha value is -2.23. The van der Waals surface area contributed by atoms with E-state index in [0.717, 1.165) is 31.6 Å². The number of nitrogens with zero attached hydrogens (tertiary/aromatic N) is 1. The van der Waals surface area contributed by atoms with Gasteiger partial charge < -0.3 is 14.1 Å². The minimum atomic E-state index is 0.0130. The van der Waals surface area contributed by atoms with Gasteiger partial charge in [0.05, 0.1) is 13.4 Å². The van der Waals surface area contributed by atoms with Crippen molar-refractivity contribution in [3.05, 3.63) is 53.5 Å². The van der Waals surface area contributed by atoms with Crippen LogP contribution in [0.25, 0.3) is 0 Å². The molecule has 2 aliphatic rings. The number of hydrogen-bond acceptors (Lipinski definition) is 3. The largest absolute Gasteiger partial charge is 0.497 e. The van der Waals surface area contributed by atoms with Crippen molar-refractivity contribution in [1.82, 2.24) is 4.90 Å². The summed E-state index contributed by atoms with van der Waals surface area (Å²) < 4.78 is 10.7. The van der Waals surface area contributed by atoms with Crippen LogP contribution in [0.1, 0.15) is 41.4 Å². The molecule has 1 unspecified atom stereocenters. The molecule has 0 saturated carbocycles. The van der Waals surface area contributed by atoms with Gasteiger partial charge in [0.1, 0.15) is 5.75 Å². The van der Waals surface area contributed by atoms with Crippen LogP contribution in [0, 0.1) is 0 Å². The summed E-state index contributed by atoms with van der Waals surface area (Å²) >= 11 is 0. The third kappa shape index (κ3) is 2.24. The molecule has 120 valence electrons. The second kappa shape index (κ2) is 5.15.